The van der Waals surface area contributed by atoms with Gasteiger partial charge in [0.25, 0.3) is 0 Å². The van der Waals surface area contributed by atoms with Crippen molar-refractivity contribution < 1.29 is 19.0 Å². The van der Waals surface area contributed by atoms with Gasteiger partial charge in [0.2, 0.25) is 5.91 Å². The number of nitrogens with zero attached hydrogens (tertiary/aromatic N) is 1. The van der Waals surface area contributed by atoms with Crippen LogP contribution in [0.15, 0.2) is 24.3 Å². The molecule has 0 saturated carbocycles. The SMILES string of the molecule is CN1CCC(COc2ccc(C3=CCC(C(=O)NCCO)CC3)c(F)c2)CC1. The quantitative estimate of drug-likeness (QED) is 0.752. The zero-order chi connectivity index (χ0) is 19.9. The number of carbonyl (C=O) groups excluding carboxylic acids is 1. The number of piperidine rings is 1. The second kappa shape index (κ2) is 10.0. The minimum absolute atomic E-state index is 0.0394. The Balaban J connectivity index is 1.54. The minimum atomic E-state index is -0.268. The molecule has 154 valence electrons. The van der Waals surface area contributed by atoms with E-state index >= 15 is 0 Å². The molecule has 1 heterocycles. The molecule has 0 radical (unpaired) electrons. The number of carbonyl (C=O) groups is 1. The van der Waals surface area contributed by atoms with Crippen molar-refractivity contribution in [2.45, 2.75) is 32.1 Å². The van der Waals surface area contributed by atoms with Crippen LogP contribution < -0.4 is 10.1 Å². The van der Waals surface area contributed by atoms with E-state index < -0.39 is 0 Å². The predicted octanol–water partition coefficient (Wildman–Crippen LogP) is 2.84. The van der Waals surface area contributed by atoms with E-state index in [9.17, 15) is 9.18 Å². The van der Waals surface area contributed by atoms with Gasteiger partial charge in [0.05, 0.1) is 13.2 Å². The molecule has 0 spiro atoms. The number of amides is 1. The molecule has 2 aliphatic rings. The number of aliphatic hydroxyl groups excluding tert-OH is 1. The van der Waals surface area contributed by atoms with Crippen LogP contribution in [0.3, 0.4) is 0 Å². The van der Waals surface area contributed by atoms with Crippen LogP contribution in [0.25, 0.3) is 5.57 Å². The molecule has 3 rings (SSSR count). The largest absolute Gasteiger partial charge is 0.493 e. The van der Waals surface area contributed by atoms with Crippen molar-refractivity contribution in [3.63, 3.8) is 0 Å². The summed E-state index contributed by atoms with van der Waals surface area (Å²) in [5, 5.41) is 11.5. The fourth-order valence-electron chi connectivity index (χ4n) is 3.93. The molecule has 1 amide bonds. The number of nitrogens with one attached hydrogen (secondary N) is 1. The molecule has 0 bridgehead atoms. The molecule has 0 aromatic heterocycles. The summed E-state index contributed by atoms with van der Waals surface area (Å²) < 4.78 is 20.5. The lowest BCUT2D eigenvalue weighted by atomic mass is 9.86. The summed E-state index contributed by atoms with van der Waals surface area (Å²) in [5.74, 6) is 0.708. The van der Waals surface area contributed by atoms with Gasteiger partial charge < -0.3 is 20.1 Å². The van der Waals surface area contributed by atoms with Crippen molar-refractivity contribution in [2.24, 2.45) is 11.8 Å². The Kier molecular flexibility index (Phi) is 7.45. The summed E-state index contributed by atoms with van der Waals surface area (Å²) >= 11 is 0. The highest BCUT2D eigenvalue weighted by Crippen LogP contribution is 2.33. The lowest BCUT2D eigenvalue weighted by molar-refractivity contribution is -0.125. The summed E-state index contributed by atoms with van der Waals surface area (Å²) in [7, 11) is 2.13. The van der Waals surface area contributed by atoms with Crippen LogP contribution >= 0.6 is 0 Å². The van der Waals surface area contributed by atoms with Gasteiger partial charge >= 0.3 is 0 Å². The maximum Gasteiger partial charge on any atom is 0.223 e. The van der Waals surface area contributed by atoms with Crippen LogP contribution in [0.5, 0.6) is 5.75 Å². The highest BCUT2D eigenvalue weighted by atomic mass is 19.1. The average Bonchev–Trinajstić information content (AvgIpc) is 2.72. The van der Waals surface area contributed by atoms with Gasteiger partial charge in [-0.25, -0.2) is 4.39 Å². The molecule has 1 atom stereocenters. The van der Waals surface area contributed by atoms with Gasteiger partial charge in [-0.3, -0.25) is 4.79 Å². The van der Waals surface area contributed by atoms with E-state index in [-0.39, 0.29) is 30.8 Å². The molecule has 5 nitrogen and oxygen atoms in total. The lowest BCUT2D eigenvalue weighted by Gasteiger charge is -2.28. The maximum absolute atomic E-state index is 14.6. The van der Waals surface area contributed by atoms with Gasteiger partial charge in [-0.2, -0.15) is 0 Å². The Morgan fingerprint density at radius 3 is 2.75 bits per heavy atom. The summed E-state index contributed by atoms with van der Waals surface area (Å²) in [6.07, 6.45) is 6.17. The van der Waals surface area contributed by atoms with E-state index in [1.807, 2.05) is 12.1 Å². The fraction of sp³-hybridized carbons (Fsp3) is 0.591. The number of rotatable bonds is 7. The Bertz CT molecular complexity index is 699. The topological polar surface area (TPSA) is 61.8 Å². The first-order valence-corrected chi connectivity index (χ1v) is 10.3. The van der Waals surface area contributed by atoms with E-state index in [2.05, 4.69) is 17.3 Å². The zero-order valence-electron chi connectivity index (χ0n) is 16.6. The molecule has 1 fully saturated rings. The normalized spacial score (nSPS) is 21.2. The van der Waals surface area contributed by atoms with Gasteiger partial charge in [0, 0.05) is 24.1 Å². The minimum Gasteiger partial charge on any atom is -0.493 e. The number of allylic oxidation sites excluding steroid dienone is 2. The van der Waals surface area contributed by atoms with E-state index in [1.165, 1.54) is 6.07 Å². The van der Waals surface area contributed by atoms with Gasteiger partial charge in [0.1, 0.15) is 11.6 Å². The first-order chi connectivity index (χ1) is 13.6. The Labute approximate surface area is 166 Å². The molecular weight excluding hydrogens is 359 g/mol. The highest BCUT2D eigenvalue weighted by Gasteiger charge is 2.23. The molecule has 28 heavy (non-hydrogen) atoms. The van der Waals surface area contributed by atoms with Crippen molar-refractivity contribution in [3.8, 4) is 5.75 Å². The monoisotopic (exact) mass is 390 g/mol. The molecule has 1 aromatic carbocycles. The first-order valence-electron chi connectivity index (χ1n) is 10.3. The molecular formula is C22H31FN2O3. The van der Waals surface area contributed by atoms with Gasteiger partial charge in [0.15, 0.2) is 0 Å². The van der Waals surface area contributed by atoms with Gasteiger partial charge in [-0.05, 0) is 75.9 Å². The molecule has 6 heteroatoms. The van der Waals surface area contributed by atoms with Crippen LogP contribution in [-0.4, -0.2) is 55.8 Å². The Hall–Kier alpha value is -1.92. The van der Waals surface area contributed by atoms with Crippen molar-refractivity contribution in [3.05, 3.63) is 35.7 Å². The first kappa shape index (κ1) is 20.8. The second-order valence-corrected chi connectivity index (χ2v) is 7.91. The number of benzene rings is 1. The zero-order valence-corrected chi connectivity index (χ0v) is 16.6. The van der Waals surface area contributed by atoms with Crippen molar-refractivity contribution >= 4 is 11.5 Å². The molecule has 1 aliphatic heterocycles. The highest BCUT2D eigenvalue weighted by molar-refractivity contribution is 5.80. The maximum atomic E-state index is 14.6. The van der Waals surface area contributed by atoms with E-state index in [0.717, 1.165) is 31.5 Å². The standard InChI is InChI=1S/C22H31FN2O3/c1-25-11-8-16(9-12-25)15-28-19-6-7-20(21(23)14-19)17-2-4-18(5-3-17)22(27)24-10-13-26/h2,6-7,14,16,18,26H,3-5,8-13,15H2,1H3,(H,24,27). The Morgan fingerprint density at radius 2 is 2.11 bits per heavy atom. The van der Waals surface area contributed by atoms with Gasteiger partial charge in [-0.1, -0.05) is 6.08 Å². The number of aliphatic hydroxyl groups is 1. The summed E-state index contributed by atoms with van der Waals surface area (Å²) in [5.41, 5.74) is 1.55. The van der Waals surface area contributed by atoms with Crippen molar-refractivity contribution in [1.82, 2.24) is 10.2 Å². The Morgan fingerprint density at radius 1 is 1.32 bits per heavy atom. The smallest absolute Gasteiger partial charge is 0.223 e. The fourth-order valence-corrected chi connectivity index (χ4v) is 3.93. The number of hydrogen-bond donors (Lipinski definition) is 2. The summed E-state index contributed by atoms with van der Waals surface area (Å²) in [4.78, 5) is 14.3. The van der Waals surface area contributed by atoms with Crippen molar-refractivity contribution in [2.75, 3.05) is 39.9 Å². The molecule has 1 aliphatic carbocycles. The number of hydrogen-bond acceptors (Lipinski definition) is 4. The lowest BCUT2D eigenvalue weighted by Crippen LogP contribution is -2.33. The third kappa shape index (κ3) is 5.55. The van der Waals surface area contributed by atoms with E-state index in [4.69, 9.17) is 9.84 Å². The molecule has 1 saturated heterocycles. The third-order valence-corrected chi connectivity index (χ3v) is 5.80. The number of halogens is 1. The van der Waals surface area contributed by atoms with E-state index in [0.29, 0.717) is 43.1 Å². The molecule has 1 aromatic rings. The summed E-state index contributed by atoms with van der Waals surface area (Å²) in [6.45, 7) is 3.04. The van der Waals surface area contributed by atoms with Crippen LogP contribution in [0.1, 0.15) is 37.7 Å². The predicted molar refractivity (Wildman–Crippen MR) is 108 cm³/mol. The molecule has 2 N–H and O–H groups in total. The van der Waals surface area contributed by atoms with Crippen LogP contribution in [0, 0.1) is 17.7 Å². The second-order valence-electron chi connectivity index (χ2n) is 7.91. The van der Waals surface area contributed by atoms with Crippen LogP contribution in [0.4, 0.5) is 4.39 Å². The summed E-state index contributed by atoms with van der Waals surface area (Å²) in [6, 6.07) is 5.11. The molecule has 1 unspecified atom stereocenters. The average molecular weight is 390 g/mol. The third-order valence-electron chi connectivity index (χ3n) is 5.80. The van der Waals surface area contributed by atoms with Gasteiger partial charge in [-0.15, -0.1) is 0 Å². The van der Waals surface area contributed by atoms with Crippen LogP contribution in [-0.2, 0) is 4.79 Å². The number of likely N-dealkylation sites (tertiary alicyclic amines) is 1. The van der Waals surface area contributed by atoms with E-state index in [1.54, 1.807) is 6.07 Å². The van der Waals surface area contributed by atoms with Crippen molar-refractivity contribution in [1.29, 1.82) is 0 Å². The van der Waals surface area contributed by atoms with Crippen LogP contribution in [0.2, 0.25) is 0 Å². The number of ether oxygens (including phenoxy) is 1.